The Hall–Kier alpha value is -0.710. The molecule has 1 unspecified atom stereocenters. The van der Waals surface area contributed by atoms with Crippen LogP contribution in [0.3, 0.4) is 0 Å². The Morgan fingerprint density at radius 1 is 1.46 bits per heavy atom. The van der Waals surface area contributed by atoms with Gasteiger partial charge in [-0.15, -0.1) is 11.8 Å². The van der Waals surface area contributed by atoms with Crippen molar-refractivity contribution in [2.75, 3.05) is 12.3 Å². The maximum atomic E-state index is 9.18. The molecule has 0 saturated carbocycles. The summed E-state index contributed by atoms with van der Waals surface area (Å²) in [5.74, 6) is 0.798. The highest BCUT2D eigenvalue weighted by molar-refractivity contribution is 7.99. The maximum Gasteiger partial charge on any atom is 0.116 e. The normalized spacial score (nSPS) is 12.8. The van der Waals surface area contributed by atoms with Gasteiger partial charge in [0.25, 0.3) is 0 Å². The minimum Gasteiger partial charge on any atom is -0.508 e. The molecule has 0 radical (unpaired) electrons. The van der Waals surface area contributed by atoms with Crippen LogP contribution in [0, 0.1) is 0 Å². The van der Waals surface area contributed by atoms with Crippen molar-refractivity contribution >= 4 is 11.8 Å². The van der Waals surface area contributed by atoms with Crippen LogP contribution in [0.2, 0.25) is 0 Å². The molecule has 0 saturated heterocycles. The van der Waals surface area contributed by atoms with Gasteiger partial charge in [0, 0.05) is 17.2 Å². The van der Waals surface area contributed by atoms with Crippen molar-refractivity contribution in [3.63, 3.8) is 0 Å². The summed E-state index contributed by atoms with van der Waals surface area (Å²) in [7, 11) is 0. The molecule has 0 aliphatic carbocycles. The first kappa shape index (κ1) is 10.4. The predicted octanol–water partition coefficient (Wildman–Crippen LogP) is 0.804. The van der Waals surface area contributed by atoms with Crippen LogP contribution in [0.15, 0.2) is 29.2 Å². The number of aromatic hydroxyl groups is 1. The summed E-state index contributed by atoms with van der Waals surface area (Å²) < 4.78 is 0. The Balaban J connectivity index is 2.45. The summed E-state index contributed by atoms with van der Waals surface area (Å²) in [5.41, 5.74) is 5.25. The van der Waals surface area contributed by atoms with Crippen molar-refractivity contribution in [3.8, 4) is 5.75 Å². The number of aliphatic hydroxyl groups excluding tert-OH is 1. The fourth-order valence-corrected chi connectivity index (χ4v) is 1.73. The summed E-state index contributed by atoms with van der Waals surface area (Å²) in [4.78, 5) is 0.938. The van der Waals surface area contributed by atoms with Gasteiger partial charge in [0.15, 0.2) is 0 Å². The Bertz CT molecular complexity index is 268. The molecule has 0 aliphatic rings. The average Bonchev–Trinajstić information content (AvgIpc) is 2.14. The molecule has 0 heterocycles. The average molecular weight is 199 g/mol. The van der Waals surface area contributed by atoms with Gasteiger partial charge >= 0.3 is 0 Å². The highest BCUT2D eigenvalue weighted by atomic mass is 32.2. The van der Waals surface area contributed by atoms with Crippen LogP contribution in [0.25, 0.3) is 0 Å². The lowest BCUT2D eigenvalue weighted by molar-refractivity contribution is 0.208. The standard InChI is InChI=1S/C9H13NO2S/c10-5-8(12)6-13-9-3-1-2-7(11)4-9/h1-4,8,11-12H,5-6,10H2. The minimum atomic E-state index is -0.479. The smallest absolute Gasteiger partial charge is 0.116 e. The van der Waals surface area contributed by atoms with E-state index in [0.29, 0.717) is 5.75 Å². The lowest BCUT2D eigenvalue weighted by atomic mass is 10.3. The molecule has 0 bridgehead atoms. The van der Waals surface area contributed by atoms with Gasteiger partial charge in [-0.1, -0.05) is 6.07 Å². The third-order valence-electron chi connectivity index (χ3n) is 1.53. The van der Waals surface area contributed by atoms with E-state index in [1.807, 2.05) is 6.07 Å². The lowest BCUT2D eigenvalue weighted by Crippen LogP contribution is -2.21. The van der Waals surface area contributed by atoms with Crippen LogP contribution >= 0.6 is 11.8 Å². The fraction of sp³-hybridized carbons (Fsp3) is 0.333. The fourth-order valence-electron chi connectivity index (χ4n) is 0.834. The molecule has 1 aromatic rings. The molecule has 0 spiro atoms. The monoisotopic (exact) mass is 199 g/mol. The molecule has 3 nitrogen and oxygen atoms in total. The van der Waals surface area contributed by atoms with E-state index in [1.54, 1.807) is 18.2 Å². The SMILES string of the molecule is NCC(O)CSc1cccc(O)c1. The van der Waals surface area contributed by atoms with Crippen molar-refractivity contribution in [2.45, 2.75) is 11.0 Å². The summed E-state index contributed by atoms with van der Waals surface area (Å²) in [6.07, 6.45) is -0.479. The van der Waals surface area contributed by atoms with Crippen LogP contribution in [0.4, 0.5) is 0 Å². The zero-order chi connectivity index (χ0) is 9.68. The van der Waals surface area contributed by atoms with E-state index in [2.05, 4.69) is 0 Å². The Morgan fingerprint density at radius 2 is 2.23 bits per heavy atom. The summed E-state index contributed by atoms with van der Waals surface area (Å²) in [6.45, 7) is 0.270. The Kier molecular flexibility index (Phi) is 4.08. The quantitative estimate of drug-likeness (QED) is 0.628. The van der Waals surface area contributed by atoms with Crippen molar-refractivity contribution in [1.82, 2.24) is 0 Å². The molecule has 72 valence electrons. The molecule has 0 amide bonds. The number of hydrogen-bond donors (Lipinski definition) is 3. The van der Waals surface area contributed by atoms with E-state index in [-0.39, 0.29) is 12.3 Å². The molecule has 1 aromatic carbocycles. The Morgan fingerprint density at radius 3 is 2.85 bits per heavy atom. The number of benzene rings is 1. The summed E-state index contributed by atoms with van der Waals surface area (Å²) in [5, 5.41) is 18.3. The van der Waals surface area contributed by atoms with Crippen LogP contribution in [0.5, 0.6) is 5.75 Å². The molecule has 0 fully saturated rings. The summed E-state index contributed by atoms with van der Waals surface area (Å²) >= 11 is 1.48. The number of phenolic OH excluding ortho intramolecular Hbond substituents is 1. The molecule has 1 rings (SSSR count). The van der Waals surface area contributed by atoms with Crippen molar-refractivity contribution in [1.29, 1.82) is 0 Å². The second-order valence-corrected chi connectivity index (χ2v) is 3.79. The second-order valence-electron chi connectivity index (χ2n) is 2.70. The van der Waals surface area contributed by atoms with Gasteiger partial charge in [-0.2, -0.15) is 0 Å². The van der Waals surface area contributed by atoms with Gasteiger partial charge in [-0.3, -0.25) is 0 Å². The molecule has 0 aliphatic heterocycles. The molecule has 13 heavy (non-hydrogen) atoms. The number of phenols is 1. The van der Waals surface area contributed by atoms with Gasteiger partial charge in [0.05, 0.1) is 6.10 Å². The number of aliphatic hydroxyl groups is 1. The number of thioether (sulfide) groups is 1. The van der Waals surface area contributed by atoms with E-state index < -0.39 is 6.10 Å². The zero-order valence-corrected chi connectivity index (χ0v) is 8.00. The van der Waals surface area contributed by atoms with Crippen molar-refractivity contribution in [3.05, 3.63) is 24.3 Å². The molecule has 0 aromatic heterocycles. The van der Waals surface area contributed by atoms with Crippen LogP contribution in [-0.2, 0) is 0 Å². The topological polar surface area (TPSA) is 66.5 Å². The molecule has 4 N–H and O–H groups in total. The highest BCUT2D eigenvalue weighted by Gasteiger charge is 2.02. The third kappa shape index (κ3) is 3.67. The van der Waals surface area contributed by atoms with E-state index >= 15 is 0 Å². The number of hydrogen-bond acceptors (Lipinski definition) is 4. The van der Waals surface area contributed by atoms with Crippen LogP contribution in [0.1, 0.15) is 0 Å². The molecular weight excluding hydrogens is 186 g/mol. The largest absolute Gasteiger partial charge is 0.508 e. The van der Waals surface area contributed by atoms with Gasteiger partial charge < -0.3 is 15.9 Å². The minimum absolute atomic E-state index is 0.243. The van der Waals surface area contributed by atoms with Gasteiger partial charge in [-0.05, 0) is 18.2 Å². The van der Waals surface area contributed by atoms with E-state index in [1.165, 1.54) is 11.8 Å². The molecule has 1 atom stereocenters. The zero-order valence-electron chi connectivity index (χ0n) is 7.18. The van der Waals surface area contributed by atoms with Gasteiger partial charge in [-0.25, -0.2) is 0 Å². The first-order valence-corrected chi connectivity index (χ1v) is 5.01. The third-order valence-corrected chi connectivity index (χ3v) is 2.67. The lowest BCUT2D eigenvalue weighted by Gasteiger charge is -2.06. The Labute approximate surface area is 81.6 Å². The van der Waals surface area contributed by atoms with Crippen LogP contribution < -0.4 is 5.73 Å². The summed E-state index contributed by atoms with van der Waals surface area (Å²) in [6, 6.07) is 6.93. The van der Waals surface area contributed by atoms with E-state index in [9.17, 15) is 5.11 Å². The van der Waals surface area contributed by atoms with Crippen molar-refractivity contribution < 1.29 is 10.2 Å². The van der Waals surface area contributed by atoms with E-state index in [4.69, 9.17) is 10.8 Å². The predicted molar refractivity (Wildman–Crippen MR) is 53.9 cm³/mol. The molecular formula is C9H13NO2S. The molecule has 4 heteroatoms. The highest BCUT2D eigenvalue weighted by Crippen LogP contribution is 2.22. The maximum absolute atomic E-state index is 9.18. The van der Waals surface area contributed by atoms with Crippen LogP contribution in [-0.4, -0.2) is 28.6 Å². The second kappa shape index (κ2) is 5.11. The van der Waals surface area contributed by atoms with Gasteiger partial charge in [0.1, 0.15) is 5.75 Å². The van der Waals surface area contributed by atoms with Gasteiger partial charge in [0.2, 0.25) is 0 Å². The first-order chi connectivity index (χ1) is 6.22. The first-order valence-electron chi connectivity index (χ1n) is 4.02. The van der Waals surface area contributed by atoms with E-state index in [0.717, 1.165) is 4.90 Å². The number of rotatable bonds is 4. The number of nitrogens with two attached hydrogens (primary N) is 1. The van der Waals surface area contributed by atoms with Crippen molar-refractivity contribution in [2.24, 2.45) is 5.73 Å².